The molecule has 3 aromatic carbocycles. The van der Waals surface area contributed by atoms with Crippen LogP contribution in [0.15, 0.2) is 79.0 Å². The molecule has 0 aliphatic heterocycles. The molecule has 5 rings (SSSR count). The molecule has 2 N–H and O–H groups in total. The minimum Gasteiger partial charge on any atom is -0.338 e. The van der Waals surface area contributed by atoms with E-state index >= 15 is 0 Å². The van der Waals surface area contributed by atoms with Gasteiger partial charge in [-0.05, 0) is 36.4 Å². The maximum Gasteiger partial charge on any atom is 0.275 e. The van der Waals surface area contributed by atoms with Crippen molar-refractivity contribution in [1.82, 2.24) is 19.9 Å². The Morgan fingerprint density at radius 1 is 0.786 bits per heavy atom. The number of rotatable bonds is 3. The summed E-state index contributed by atoms with van der Waals surface area (Å²) in [4.78, 5) is 29.4. The number of amides is 1. The zero-order valence-corrected chi connectivity index (χ0v) is 14.8. The van der Waals surface area contributed by atoms with Gasteiger partial charge in [-0.1, -0.05) is 36.4 Å². The Labute approximate surface area is 160 Å². The number of benzene rings is 3. The van der Waals surface area contributed by atoms with E-state index in [1.807, 2.05) is 72.8 Å². The number of aromatic nitrogens is 4. The normalized spacial score (nSPS) is 11.0. The molecule has 5 aromatic rings. The quantitative estimate of drug-likeness (QED) is 0.495. The molecule has 1 amide bonds. The predicted molar refractivity (Wildman–Crippen MR) is 109 cm³/mol. The summed E-state index contributed by atoms with van der Waals surface area (Å²) in [6.07, 6.45) is 1.49. The van der Waals surface area contributed by atoms with E-state index in [1.54, 1.807) is 0 Å². The van der Waals surface area contributed by atoms with E-state index in [-0.39, 0.29) is 11.6 Å². The molecule has 0 aliphatic rings. The molecule has 0 spiro atoms. The molecule has 2 heterocycles. The molecular weight excluding hydrogens is 350 g/mol. The van der Waals surface area contributed by atoms with Crippen LogP contribution in [0.3, 0.4) is 0 Å². The summed E-state index contributed by atoms with van der Waals surface area (Å²) in [6, 6.07) is 22.8. The number of nitrogens with zero attached hydrogens (tertiary/aromatic N) is 3. The monoisotopic (exact) mass is 365 g/mol. The third-order valence-electron chi connectivity index (χ3n) is 4.50. The van der Waals surface area contributed by atoms with Crippen LogP contribution >= 0.6 is 0 Å². The molecule has 2 aromatic heterocycles. The summed E-state index contributed by atoms with van der Waals surface area (Å²) in [5.74, 6) is 0.378. The van der Waals surface area contributed by atoms with Crippen molar-refractivity contribution in [2.75, 3.05) is 5.32 Å². The average Bonchev–Trinajstić information content (AvgIpc) is 3.18. The van der Waals surface area contributed by atoms with Crippen molar-refractivity contribution in [2.24, 2.45) is 0 Å². The Balaban J connectivity index is 1.50. The molecule has 0 bridgehead atoms. The molecule has 0 saturated carbocycles. The molecule has 134 valence electrons. The molecule has 28 heavy (non-hydrogen) atoms. The van der Waals surface area contributed by atoms with Gasteiger partial charge in [0, 0.05) is 5.56 Å². The van der Waals surface area contributed by atoms with E-state index < -0.39 is 0 Å². The zero-order chi connectivity index (χ0) is 18.9. The topological polar surface area (TPSA) is 83.6 Å². The lowest BCUT2D eigenvalue weighted by Gasteiger charge is -2.09. The highest BCUT2D eigenvalue weighted by Crippen LogP contribution is 2.27. The number of hydrogen-bond acceptors (Lipinski definition) is 4. The number of carbonyl (C=O) groups excluding carboxylic acids is 1. The summed E-state index contributed by atoms with van der Waals surface area (Å²) < 4.78 is 0. The summed E-state index contributed by atoms with van der Waals surface area (Å²) in [7, 11) is 0. The lowest BCUT2D eigenvalue weighted by molar-refractivity contribution is 0.102. The SMILES string of the molecule is O=C(Nc1ccccc1-c1nc2ccccc2[nH]1)c1cnc2ccccc2n1. The first kappa shape index (κ1) is 16.1. The first-order valence-corrected chi connectivity index (χ1v) is 8.85. The summed E-state index contributed by atoms with van der Waals surface area (Å²) in [5.41, 5.74) is 4.97. The van der Waals surface area contributed by atoms with Gasteiger partial charge < -0.3 is 10.3 Å². The zero-order valence-electron chi connectivity index (χ0n) is 14.8. The number of imidazole rings is 1. The highest BCUT2D eigenvalue weighted by atomic mass is 16.1. The van der Waals surface area contributed by atoms with Gasteiger partial charge in [-0.15, -0.1) is 0 Å². The molecule has 0 unspecified atom stereocenters. The minimum absolute atomic E-state index is 0.262. The second kappa shape index (κ2) is 6.59. The van der Waals surface area contributed by atoms with Crippen LogP contribution in [-0.4, -0.2) is 25.8 Å². The van der Waals surface area contributed by atoms with Crippen LogP contribution in [0, 0.1) is 0 Å². The van der Waals surface area contributed by atoms with Crippen molar-refractivity contribution in [2.45, 2.75) is 0 Å². The Hall–Kier alpha value is -4.06. The Morgan fingerprint density at radius 3 is 2.36 bits per heavy atom. The van der Waals surface area contributed by atoms with Crippen LogP contribution in [0.25, 0.3) is 33.5 Å². The third kappa shape index (κ3) is 2.87. The average molecular weight is 365 g/mol. The molecule has 6 heteroatoms. The predicted octanol–water partition coefficient (Wildman–Crippen LogP) is 4.43. The highest BCUT2D eigenvalue weighted by Gasteiger charge is 2.14. The van der Waals surface area contributed by atoms with Gasteiger partial charge >= 0.3 is 0 Å². The highest BCUT2D eigenvalue weighted by molar-refractivity contribution is 6.05. The number of nitrogens with one attached hydrogen (secondary N) is 2. The second-order valence-electron chi connectivity index (χ2n) is 6.35. The van der Waals surface area contributed by atoms with Gasteiger partial charge in [0.15, 0.2) is 0 Å². The first-order valence-electron chi connectivity index (χ1n) is 8.85. The summed E-state index contributed by atoms with van der Waals surface area (Å²) >= 11 is 0. The summed E-state index contributed by atoms with van der Waals surface area (Å²) in [6.45, 7) is 0. The van der Waals surface area contributed by atoms with Crippen LogP contribution in [-0.2, 0) is 0 Å². The molecule has 0 saturated heterocycles. The molecule has 0 atom stereocenters. The van der Waals surface area contributed by atoms with Gasteiger partial charge in [0.25, 0.3) is 5.91 Å². The Morgan fingerprint density at radius 2 is 1.50 bits per heavy atom. The molecule has 0 aliphatic carbocycles. The fourth-order valence-corrected chi connectivity index (χ4v) is 3.13. The maximum atomic E-state index is 12.8. The Bertz CT molecular complexity index is 1290. The van der Waals surface area contributed by atoms with Crippen molar-refractivity contribution in [3.8, 4) is 11.4 Å². The maximum absolute atomic E-state index is 12.8. The van der Waals surface area contributed by atoms with E-state index in [1.165, 1.54) is 6.20 Å². The fraction of sp³-hybridized carbons (Fsp3) is 0. The van der Waals surface area contributed by atoms with Crippen molar-refractivity contribution >= 4 is 33.7 Å². The second-order valence-corrected chi connectivity index (χ2v) is 6.35. The molecule has 6 nitrogen and oxygen atoms in total. The van der Waals surface area contributed by atoms with Gasteiger partial charge in [-0.2, -0.15) is 0 Å². The van der Waals surface area contributed by atoms with Crippen molar-refractivity contribution in [3.63, 3.8) is 0 Å². The number of H-pyrrole nitrogens is 1. The number of hydrogen-bond donors (Lipinski definition) is 2. The van der Waals surface area contributed by atoms with E-state index in [9.17, 15) is 4.79 Å². The Kier molecular flexibility index (Phi) is 3.80. The number of anilines is 1. The largest absolute Gasteiger partial charge is 0.338 e. The van der Waals surface area contributed by atoms with E-state index in [0.717, 1.165) is 22.1 Å². The molecular formula is C22H15N5O. The van der Waals surface area contributed by atoms with E-state index in [2.05, 4.69) is 25.3 Å². The lowest BCUT2D eigenvalue weighted by Crippen LogP contribution is -2.15. The van der Waals surface area contributed by atoms with Gasteiger partial charge in [-0.3, -0.25) is 9.78 Å². The van der Waals surface area contributed by atoms with Crippen molar-refractivity contribution < 1.29 is 4.79 Å². The first-order chi connectivity index (χ1) is 13.8. The van der Waals surface area contributed by atoms with E-state index in [4.69, 9.17) is 0 Å². The number of fused-ring (bicyclic) bond motifs is 2. The third-order valence-corrected chi connectivity index (χ3v) is 4.50. The van der Waals surface area contributed by atoms with E-state index in [0.29, 0.717) is 17.0 Å². The van der Waals surface area contributed by atoms with Crippen LogP contribution < -0.4 is 5.32 Å². The number of carbonyl (C=O) groups is 1. The van der Waals surface area contributed by atoms with Crippen LogP contribution in [0.1, 0.15) is 10.5 Å². The van der Waals surface area contributed by atoms with Crippen molar-refractivity contribution in [3.05, 3.63) is 84.7 Å². The summed E-state index contributed by atoms with van der Waals surface area (Å²) in [5, 5.41) is 2.93. The fourth-order valence-electron chi connectivity index (χ4n) is 3.13. The van der Waals surface area contributed by atoms with Crippen molar-refractivity contribution in [1.29, 1.82) is 0 Å². The number of para-hydroxylation sites is 5. The molecule has 0 radical (unpaired) electrons. The lowest BCUT2D eigenvalue weighted by atomic mass is 10.1. The van der Waals surface area contributed by atoms with Gasteiger partial charge in [-0.25, -0.2) is 9.97 Å². The number of aromatic amines is 1. The van der Waals surface area contributed by atoms with Gasteiger partial charge in [0.05, 0.1) is 34.0 Å². The van der Waals surface area contributed by atoms with Crippen LogP contribution in [0.2, 0.25) is 0 Å². The van der Waals surface area contributed by atoms with Gasteiger partial charge in [0.1, 0.15) is 11.5 Å². The standard InChI is InChI=1S/C22H15N5O/c28-22(20-13-23-16-9-3-4-10-17(16)24-20)27-15-8-2-1-7-14(15)21-25-18-11-5-6-12-19(18)26-21/h1-13H,(H,25,26)(H,27,28). The minimum atomic E-state index is -0.318. The molecule has 0 fully saturated rings. The smallest absolute Gasteiger partial charge is 0.275 e. The van der Waals surface area contributed by atoms with Gasteiger partial charge in [0.2, 0.25) is 0 Å². The van der Waals surface area contributed by atoms with Crippen LogP contribution in [0.4, 0.5) is 5.69 Å². The van der Waals surface area contributed by atoms with Crippen LogP contribution in [0.5, 0.6) is 0 Å².